The third kappa shape index (κ3) is 3.00. The Balaban J connectivity index is 2.17. The number of carbonyl (C=O) groups is 1. The lowest BCUT2D eigenvalue weighted by Crippen LogP contribution is -2.42. The minimum atomic E-state index is 0.188. The van der Waals surface area contributed by atoms with Crippen LogP contribution in [-0.4, -0.2) is 23.9 Å². The summed E-state index contributed by atoms with van der Waals surface area (Å²) in [6, 6.07) is 7.82. The van der Waals surface area contributed by atoms with Gasteiger partial charge < -0.3 is 4.90 Å². The maximum atomic E-state index is 12.4. The van der Waals surface area contributed by atoms with Gasteiger partial charge in [-0.3, -0.25) is 4.79 Å². The van der Waals surface area contributed by atoms with Crippen molar-refractivity contribution in [3.05, 3.63) is 33.4 Å². The molecule has 1 aromatic carbocycles. The van der Waals surface area contributed by atoms with Gasteiger partial charge in [0.15, 0.2) is 0 Å². The number of likely N-dealkylation sites (tertiary alicyclic amines) is 1. The van der Waals surface area contributed by atoms with Crippen LogP contribution in [-0.2, 0) is 0 Å². The monoisotopic (exact) mass is 343 g/mol. The van der Waals surface area contributed by atoms with Gasteiger partial charge in [0.2, 0.25) is 0 Å². The minimum absolute atomic E-state index is 0.188. The fraction of sp³-hybridized carbons (Fsp3) is 0.500. The summed E-state index contributed by atoms with van der Waals surface area (Å²) in [5, 5.41) is 0. The third-order valence-electron chi connectivity index (χ3n) is 3.26. The van der Waals surface area contributed by atoms with Gasteiger partial charge in [-0.15, -0.1) is 0 Å². The fourth-order valence-electron chi connectivity index (χ4n) is 2.63. The van der Waals surface area contributed by atoms with E-state index >= 15 is 0 Å². The molecule has 1 aliphatic heterocycles. The van der Waals surface area contributed by atoms with Crippen molar-refractivity contribution in [1.29, 1.82) is 0 Å². The highest BCUT2D eigenvalue weighted by molar-refractivity contribution is 14.1. The molecule has 2 nitrogen and oxygen atoms in total. The second-order valence-electron chi connectivity index (χ2n) is 5.14. The maximum Gasteiger partial charge on any atom is 0.254 e. The molecular weight excluding hydrogens is 325 g/mol. The van der Waals surface area contributed by atoms with Crippen LogP contribution >= 0.6 is 22.6 Å². The summed E-state index contributed by atoms with van der Waals surface area (Å²) in [7, 11) is 0. The highest BCUT2D eigenvalue weighted by atomic mass is 127. The number of carbonyl (C=O) groups excluding carboxylic acids is 1. The van der Waals surface area contributed by atoms with E-state index in [-0.39, 0.29) is 5.91 Å². The van der Waals surface area contributed by atoms with Crippen molar-refractivity contribution in [2.45, 2.75) is 20.3 Å². The van der Waals surface area contributed by atoms with Crippen LogP contribution in [0.15, 0.2) is 24.3 Å². The number of amides is 1. The van der Waals surface area contributed by atoms with Gasteiger partial charge in [-0.05, 0) is 53.0 Å². The normalized spacial score (nSPS) is 24.8. The molecule has 1 fully saturated rings. The molecule has 1 aliphatic rings. The molecular formula is C14H18INO. The lowest BCUT2D eigenvalue weighted by Gasteiger charge is -2.35. The zero-order valence-corrected chi connectivity index (χ0v) is 12.5. The molecule has 0 bridgehead atoms. The minimum Gasteiger partial charge on any atom is -0.338 e. The van der Waals surface area contributed by atoms with E-state index < -0.39 is 0 Å². The van der Waals surface area contributed by atoms with E-state index in [0.717, 1.165) is 22.2 Å². The summed E-state index contributed by atoms with van der Waals surface area (Å²) >= 11 is 2.23. The van der Waals surface area contributed by atoms with E-state index in [1.165, 1.54) is 6.42 Å². The third-order valence-corrected chi connectivity index (χ3v) is 4.20. The van der Waals surface area contributed by atoms with Gasteiger partial charge in [-0.25, -0.2) is 0 Å². The Bertz CT molecular complexity index is 408. The van der Waals surface area contributed by atoms with Crippen LogP contribution in [0.4, 0.5) is 0 Å². The molecule has 1 amide bonds. The molecule has 1 heterocycles. The van der Waals surface area contributed by atoms with Crippen LogP contribution in [0.5, 0.6) is 0 Å². The van der Waals surface area contributed by atoms with Crippen molar-refractivity contribution in [2.75, 3.05) is 13.1 Å². The zero-order valence-electron chi connectivity index (χ0n) is 10.3. The lowest BCUT2D eigenvalue weighted by molar-refractivity contribution is 0.0622. The lowest BCUT2D eigenvalue weighted by atomic mass is 9.91. The van der Waals surface area contributed by atoms with Gasteiger partial charge in [0, 0.05) is 16.7 Å². The van der Waals surface area contributed by atoms with Crippen molar-refractivity contribution >= 4 is 28.5 Å². The van der Waals surface area contributed by atoms with Crippen LogP contribution in [0.3, 0.4) is 0 Å². The summed E-state index contributed by atoms with van der Waals surface area (Å²) in [4.78, 5) is 14.4. The van der Waals surface area contributed by atoms with Gasteiger partial charge in [0.1, 0.15) is 0 Å². The first kappa shape index (κ1) is 12.9. The molecule has 0 radical (unpaired) electrons. The SMILES string of the molecule is C[C@@H]1C[C@H](C)CN(C(=O)c2ccccc2I)C1. The number of hydrogen-bond acceptors (Lipinski definition) is 1. The summed E-state index contributed by atoms with van der Waals surface area (Å²) in [5.74, 6) is 1.42. The van der Waals surface area contributed by atoms with Gasteiger partial charge >= 0.3 is 0 Å². The van der Waals surface area contributed by atoms with Gasteiger partial charge in [0.05, 0.1) is 5.56 Å². The van der Waals surface area contributed by atoms with Crippen LogP contribution in [0.1, 0.15) is 30.6 Å². The topological polar surface area (TPSA) is 20.3 Å². The molecule has 0 saturated carbocycles. The first-order valence-electron chi connectivity index (χ1n) is 6.11. The molecule has 0 N–H and O–H groups in total. The Morgan fingerprint density at radius 1 is 1.24 bits per heavy atom. The number of halogens is 1. The summed E-state index contributed by atoms with van der Waals surface area (Å²) in [6.07, 6.45) is 1.23. The first-order valence-corrected chi connectivity index (χ1v) is 7.19. The Morgan fingerprint density at radius 2 is 1.82 bits per heavy atom. The Kier molecular flexibility index (Phi) is 4.07. The number of benzene rings is 1. The fourth-order valence-corrected chi connectivity index (χ4v) is 3.25. The van der Waals surface area contributed by atoms with E-state index in [2.05, 4.69) is 36.4 Å². The molecule has 1 aromatic rings. The largest absolute Gasteiger partial charge is 0.338 e. The molecule has 0 aromatic heterocycles. The molecule has 1 saturated heterocycles. The molecule has 0 spiro atoms. The summed E-state index contributed by atoms with van der Waals surface area (Å²) in [6.45, 7) is 6.25. The number of nitrogens with zero attached hydrogens (tertiary/aromatic N) is 1. The predicted molar refractivity (Wildman–Crippen MR) is 78.0 cm³/mol. The molecule has 3 heteroatoms. The van der Waals surface area contributed by atoms with Crippen LogP contribution < -0.4 is 0 Å². The Hall–Kier alpha value is -0.580. The van der Waals surface area contributed by atoms with Crippen LogP contribution in [0, 0.1) is 15.4 Å². The molecule has 2 atom stereocenters. The van der Waals surface area contributed by atoms with E-state index in [1.807, 2.05) is 29.2 Å². The number of rotatable bonds is 1. The molecule has 17 heavy (non-hydrogen) atoms. The average molecular weight is 343 g/mol. The quantitative estimate of drug-likeness (QED) is 0.716. The Morgan fingerprint density at radius 3 is 2.41 bits per heavy atom. The van der Waals surface area contributed by atoms with E-state index in [0.29, 0.717) is 11.8 Å². The Labute approximate surface area is 117 Å². The van der Waals surface area contributed by atoms with Gasteiger partial charge in [-0.1, -0.05) is 26.0 Å². The zero-order chi connectivity index (χ0) is 12.4. The summed E-state index contributed by atoms with van der Waals surface area (Å²) < 4.78 is 1.04. The van der Waals surface area contributed by atoms with Gasteiger partial charge in [0.25, 0.3) is 5.91 Å². The van der Waals surface area contributed by atoms with Crippen molar-refractivity contribution in [2.24, 2.45) is 11.8 Å². The van der Waals surface area contributed by atoms with Gasteiger partial charge in [-0.2, -0.15) is 0 Å². The smallest absolute Gasteiger partial charge is 0.254 e. The van der Waals surface area contributed by atoms with Crippen LogP contribution in [0.25, 0.3) is 0 Å². The van der Waals surface area contributed by atoms with E-state index in [1.54, 1.807) is 0 Å². The van der Waals surface area contributed by atoms with Crippen molar-refractivity contribution in [3.63, 3.8) is 0 Å². The summed E-state index contributed by atoms with van der Waals surface area (Å²) in [5.41, 5.74) is 0.842. The second kappa shape index (κ2) is 5.38. The van der Waals surface area contributed by atoms with E-state index in [9.17, 15) is 4.79 Å². The van der Waals surface area contributed by atoms with Crippen molar-refractivity contribution < 1.29 is 4.79 Å². The van der Waals surface area contributed by atoms with Crippen LogP contribution in [0.2, 0.25) is 0 Å². The maximum absolute atomic E-state index is 12.4. The van der Waals surface area contributed by atoms with Crippen molar-refractivity contribution in [3.8, 4) is 0 Å². The first-order chi connectivity index (χ1) is 8.08. The highest BCUT2D eigenvalue weighted by Crippen LogP contribution is 2.23. The average Bonchev–Trinajstić information content (AvgIpc) is 2.27. The second-order valence-corrected chi connectivity index (χ2v) is 6.30. The molecule has 0 aliphatic carbocycles. The highest BCUT2D eigenvalue weighted by Gasteiger charge is 2.26. The predicted octanol–water partition coefficient (Wildman–Crippen LogP) is 3.41. The standard InChI is InChI=1S/C14H18INO/c1-10-7-11(2)9-16(8-10)14(17)12-5-3-4-6-13(12)15/h3-6,10-11H,7-9H2,1-2H3/t10-,11+. The van der Waals surface area contributed by atoms with E-state index in [4.69, 9.17) is 0 Å². The van der Waals surface area contributed by atoms with Crippen molar-refractivity contribution in [1.82, 2.24) is 4.90 Å². The number of hydrogen-bond donors (Lipinski definition) is 0. The molecule has 92 valence electrons. The molecule has 0 unspecified atom stereocenters. The molecule has 2 rings (SSSR count). The number of piperidine rings is 1.